The minimum absolute atomic E-state index is 0.519. The summed E-state index contributed by atoms with van der Waals surface area (Å²) in [5.41, 5.74) is 7.11. The van der Waals surface area contributed by atoms with Crippen molar-refractivity contribution in [2.24, 2.45) is 5.92 Å². The lowest BCUT2D eigenvalue weighted by molar-refractivity contribution is 0.647. The van der Waals surface area contributed by atoms with Crippen LogP contribution in [0.1, 0.15) is 17.0 Å². The van der Waals surface area contributed by atoms with E-state index in [0.29, 0.717) is 11.2 Å². The number of rotatable bonds is 3. The molecule has 2 aliphatic rings. The summed E-state index contributed by atoms with van der Waals surface area (Å²) in [5.74, 6) is 0.523. The van der Waals surface area contributed by atoms with Crippen molar-refractivity contribution in [2.45, 2.75) is 23.5 Å². The average molecular weight is 386 g/mol. The van der Waals surface area contributed by atoms with Gasteiger partial charge in [-0.3, -0.25) is 0 Å². The van der Waals surface area contributed by atoms with Gasteiger partial charge in [0, 0.05) is 22.9 Å². The lowest BCUT2D eigenvalue weighted by atomic mass is 9.88. The number of hydrogen-bond acceptors (Lipinski definition) is 3. The van der Waals surface area contributed by atoms with Crippen molar-refractivity contribution < 1.29 is 0 Å². The Morgan fingerprint density at radius 3 is 2.75 bits per heavy atom. The number of thioether (sulfide) groups is 1. The van der Waals surface area contributed by atoms with Crippen LogP contribution in [0.3, 0.4) is 0 Å². The molecule has 2 heterocycles. The third-order valence-corrected chi connectivity index (χ3v) is 6.93. The van der Waals surface area contributed by atoms with Crippen LogP contribution in [0, 0.1) is 12.8 Å². The maximum atomic E-state index is 4.77. The number of nitrogens with one attached hydrogen (secondary N) is 1. The van der Waals surface area contributed by atoms with Crippen molar-refractivity contribution in [1.29, 1.82) is 0 Å². The zero-order valence-electron chi connectivity index (χ0n) is 16.1. The van der Waals surface area contributed by atoms with Gasteiger partial charge in [-0.05, 0) is 66.8 Å². The van der Waals surface area contributed by atoms with Gasteiger partial charge in [-0.1, -0.05) is 36.4 Å². The summed E-state index contributed by atoms with van der Waals surface area (Å²) in [6, 6.07) is 19.4. The molecule has 1 aliphatic heterocycles. The van der Waals surface area contributed by atoms with Gasteiger partial charge in [-0.25, -0.2) is 4.68 Å². The fraction of sp³-hybridized carbons (Fsp3) is 0.208. The Morgan fingerprint density at radius 1 is 1.11 bits per heavy atom. The van der Waals surface area contributed by atoms with Crippen LogP contribution < -0.4 is 5.32 Å². The molecule has 0 fully saturated rings. The Bertz CT molecular complexity index is 1080. The third kappa shape index (κ3) is 3.08. The first-order chi connectivity index (χ1) is 13.7. The van der Waals surface area contributed by atoms with Gasteiger partial charge in [-0.15, -0.1) is 11.8 Å². The molecule has 2 aromatic carbocycles. The molecule has 3 aromatic rings. The van der Waals surface area contributed by atoms with Crippen LogP contribution in [0.2, 0.25) is 0 Å². The highest BCUT2D eigenvalue weighted by Gasteiger charge is 2.29. The molecule has 0 radical (unpaired) electrons. The largest absolute Gasteiger partial charge is 0.388 e. The van der Waals surface area contributed by atoms with Crippen molar-refractivity contribution in [3.05, 3.63) is 89.8 Å². The summed E-state index contributed by atoms with van der Waals surface area (Å²) in [7, 11) is 1.94. The van der Waals surface area contributed by atoms with Crippen LogP contribution in [0.5, 0.6) is 0 Å². The van der Waals surface area contributed by atoms with Crippen molar-refractivity contribution in [3.63, 3.8) is 0 Å². The predicted octanol–water partition coefficient (Wildman–Crippen LogP) is 5.51. The molecule has 1 N–H and O–H groups in total. The Labute approximate surface area is 170 Å². The standard InChI is InChI=1S/C24H23N3S/c1-16-13-22(27(26-16)21-10-8-20(25-2)9-11-21)17-7-12-24-19(14-17)15-18-5-3-4-6-23(18)28-24/h3-14,19,24-25H,15H2,1-2H3. The van der Waals surface area contributed by atoms with Gasteiger partial charge in [0.25, 0.3) is 0 Å². The third-order valence-electron chi connectivity index (χ3n) is 5.50. The van der Waals surface area contributed by atoms with Crippen molar-refractivity contribution in [2.75, 3.05) is 12.4 Å². The summed E-state index contributed by atoms with van der Waals surface area (Å²) in [6.45, 7) is 2.06. The van der Waals surface area contributed by atoms with Gasteiger partial charge in [0.2, 0.25) is 0 Å². The molecule has 140 valence electrons. The molecule has 0 amide bonds. The lowest BCUT2D eigenvalue weighted by Crippen LogP contribution is -2.23. The van der Waals surface area contributed by atoms with E-state index in [1.807, 2.05) is 18.8 Å². The van der Waals surface area contributed by atoms with Gasteiger partial charge >= 0.3 is 0 Å². The molecule has 2 unspecified atom stereocenters. The maximum absolute atomic E-state index is 4.77. The number of hydrogen-bond donors (Lipinski definition) is 1. The van der Waals surface area contributed by atoms with E-state index >= 15 is 0 Å². The summed E-state index contributed by atoms with van der Waals surface area (Å²) in [5, 5.41) is 8.46. The topological polar surface area (TPSA) is 29.9 Å². The normalized spacial score (nSPS) is 20.3. The Hall–Kier alpha value is -2.72. The van der Waals surface area contributed by atoms with E-state index < -0.39 is 0 Å². The van der Waals surface area contributed by atoms with Gasteiger partial charge in [0.05, 0.1) is 17.1 Å². The molecule has 3 nitrogen and oxygen atoms in total. The quantitative estimate of drug-likeness (QED) is 0.645. The van der Waals surface area contributed by atoms with E-state index in [-0.39, 0.29) is 0 Å². The zero-order chi connectivity index (χ0) is 19.1. The molecule has 0 saturated carbocycles. The average Bonchev–Trinajstić information content (AvgIpc) is 3.13. The summed E-state index contributed by atoms with van der Waals surface area (Å²) >= 11 is 1.99. The van der Waals surface area contributed by atoms with E-state index in [4.69, 9.17) is 5.10 Å². The molecule has 1 aliphatic carbocycles. The fourth-order valence-corrected chi connectivity index (χ4v) is 5.31. The Kier molecular flexibility index (Phi) is 4.36. The van der Waals surface area contributed by atoms with Crippen LogP contribution in [-0.4, -0.2) is 22.1 Å². The molecule has 2 atom stereocenters. The van der Waals surface area contributed by atoms with E-state index in [1.165, 1.54) is 16.0 Å². The monoisotopic (exact) mass is 385 g/mol. The summed E-state index contributed by atoms with van der Waals surface area (Å²) in [4.78, 5) is 1.43. The van der Waals surface area contributed by atoms with Gasteiger partial charge in [0.1, 0.15) is 0 Å². The number of benzene rings is 2. The second-order valence-corrected chi connectivity index (χ2v) is 8.64. The molecule has 0 spiro atoms. The minimum atomic E-state index is 0.519. The molecular weight excluding hydrogens is 362 g/mol. The number of aromatic nitrogens is 2. The molecule has 5 rings (SSSR count). The van der Waals surface area contributed by atoms with Crippen molar-refractivity contribution in [3.8, 4) is 5.69 Å². The van der Waals surface area contributed by atoms with Crippen LogP contribution in [-0.2, 0) is 6.42 Å². The van der Waals surface area contributed by atoms with Gasteiger partial charge < -0.3 is 5.32 Å². The van der Waals surface area contributed by atoms with Crippen LogP contribution in [0.4, 0.5) is 5.69 Å². The Balaban J connectivity index is 1.51. The predicted molar refractivity (Wildman–Crippen MR) is 118 cm³/mol. The number of anilines is 1. The molecule has 0 bridgehead atoms. The van der Waals surface area contributed by atoms with Crippen molar-refractivity contribution in [1.82, 2.24) is 9.78 Å². The summed E-state index contributed by atoms with van der Waals surface area (Å²) < 4.78 is 2.06. The number of nitrogens with zero attached hydrogens (tertiary/aromatic N) is 2. The first kappa shape index (κ1) is 17.4. The molecule has 1 aromatic heterocycles. The smallest absolute Gasteiger partial charge is 0.0740 e. The van der Waals surface area contributed by atoms with Gasteiger partial charge in [-0.2, -0.15) is 5.10 Å². The van der Waals surface area contributed by atoms with E-state index in [1.54, 1.807) is 0 Å². The Morgan fingerprint density at radius 2 is 1.93 bits per heavy atom. The highest BCUT2D eigenvalue weighted by molar-refractivity contribution is 8.00. The van der Waals surface area contributed by atoms with Crippen molar-refractivity contribution >= 4 is 23.0 Å². The number of fused-ring (bicyclic) bond motifs is 2. The fourth-order valence-electron chi connectivity index (χ4n) is 4.05. The van der Waals surface area contributed by atoms with Crippen LogP contribution >= 0.6 is 11.8 Å². The lowest BCUT2D eigenvalue weighted by Gasteiger charge is -2.31. The maximum Gasteiger partial charge on any atom is 0.0740 e. The first-order valence-electron chi connectivity index (χ1n) is 9.71. The number of allylic oxidation sites excluding steroid dienone is 3. The van der Waals surface area contributed by atoms with Crippen LogP contribution in [0.15, 0.2) is 77.7 Å². The second kappa shape index (κ2) is 7.02. The van der Waals surface area contributed by atoms with Crippen LogP contribution in [0.25, 0.3) is 11.3 Å². The highest BCUT2D eigenvalue weighted by atomic mass is 32.2. The van der Waals surface area contributed by atoms with Gasteiger partial charge in [0.15, 0.2) is 0 Å². The number of aryl methyl sites for hydroxylation is 1. The van der Waals surface area contributed by atoms with E-state index in [2.05, 4.69) is 89.7 Å². The van der Waals surface area contributed by atoms with E-state index in [9.17, 15) is 0 Å². The SMILES string of the molecule is CNc1ccc(-n2nc(C)cc2C2=CC3Cc4ccccc4SC3C=C2)cc1. The highest BCUT2D eigenvalue weighted by Crippen LogP contribution is 2.43. The molecule has 4 heteroatoms. The molecular formula is C24H23N3S. The first-order valence-corrected chi connectivity index (χ1v) is 10.6. The second-order valence-electron chi connectivity index (χ2n) is 7.42. The zero-order valence-corrected chi connectivity index (χ0v) is 16.9. The minimum Gasteiger partial charge on any atom is -0.388 e. The molecule has 28 heavy (non-hydrogen) atoms. The van der Waals surface area contributed by atoms with E-state index in [0.717, 1.165) is 29.2 Å². The summed E-state index contributed by atoms with van der Waals surface area (Å²) in [6.07, 6.45) is 8.20. The molecule has 0 saturated heterocycles.